The van der Waals surface area contributed by atoms with E-state index < -0.39 is 11.9 Å². The first kappa shape index (κ1) is 9.58. The van der Waals surface area contributed by atoms with Gasteiger partial charge in [0.1, 0.15) is 5.82 Å². The molecular weight excluding hydrogens is 199 g/mol. The van der Waals surface area contributed by atoms with Gasteiger partial charge in [-0.1, -0.05) is 12.1 Å². The maximum absolute atomic E-state index is 12.6. The van der Waals surface area contributed by atoms with E-state index in [1.54, 1.807) is 0 Å². The number of ether oxygens (including phenoxy) is 1. The molecule has 0 spiro atoms. The maximum atomic E-state index is 12.6. The first-order chi connectivity index (χ1) is 7.15. The average molecular weight is 206 g/mol. The van der Waals surface area contributed by atoms with E-state index >= 15 is 0 Å². The Morgan fingerprint density at radius 3 is 2.40 bits per heavy atom. The predicted octanol–water partition coefficient (Wildman–Crippen LogP) is 1.68. The number of halogens is 1. The van der Waals surface area contributed by atoms with Crippen LogP contribution < -0.4 is 0 Å². The number of esters is 2. The summed E-state index contributed by atoms with van der Waals surface area (Å²) in [6, 6.07) is 5.62. The van der Waals surface area contributed by atoms with Gasteiger partial charge in [0.25, 0.3) is 0 Å². The minimum atomic E-state index is -0.621. The summed E-state index contributed by atoms with van der Waals surface area (Å²) in [5.74, 6) is -1.51. The van der Waals surface area contributed by atoms with E-state index in [4.69, 9.17) is 0 Å². The van der Waals surface area contributed by atoms with Crippen LogP contribution in [0.15, 0.2) is 29.8 Å². The summed E-state index contributed by atoms with van der Waals surface area (Å²) >= 11 is 0. The smallest absolute Gasteiger partial charge is 0.342 e. The standard InChI is InChI=1S/C11H7FO3/c12-9-3-1-7(2-4-9)5-8-6-10(13)15-11(8)14/h1-5H,6H2/b8-5+. The number of cyclic esters (lactones) is 2. The highest BCUT2D eigenvalue weighted by Crippen LogP contribution is 2.18. The van der Waals surface area contributed by atoms with Gasteiger partial charge in [0.05, 0.1) is 6.42 Å². The SMILES string of the molecule is O=C1C/C(=C\c2ccc(F)cc2)C(=O)O1. The van der Waals surface area contributed by atoms with Gasteiger partial charge < -0.3 is 4.74 Å². The zero-order valence-corrected chi connectivity index (χ0v) is 7.70. The van der Waals surface area contributed by atoms with E-state index in [1.165, 1.54) is 30.3 Å². The number of carbonyl (C=O) groups excluding carboxylic acids is 2. The van der Waals surface area contributed by atoms with Gasteiger partial charge >= 0.3 is 11.9 Å². The van der Waals surface area contributed by atoms with Gasteiger partial charge in [-0.25, -0.2) is 9.18 Å². The summed E-state index contributed by atoms with van der Waals surface area (Å²) < 4.78 is 16.9. The molecule has 2 rings (SSSR count). The Balaban J connectivity index is 2.27. The van der Waals surface area contributed by atoms with Gasteiger partial charge in [0.2, 0.25) is 0 Å². The number of rotatable bonds is 1. The Morgan fingerprint density at radius 2 is 1.87 bits per heavy atom. The van der Waals surface area contributed by atoms with Crippen LogP contribution >= 0.6 is 0 Å². The molecule has 1 heterocycles. The summed E-state index contributed by atoms with van der Waals surface area (Å²) in [5, 5.41) is 0. The highest BCUT2D eigenvalue weighted by Gasteiger charge is 2.26. The summed E-state index contributed by atoms with van der Waals surface area (Å²) in [6.45, 7) is 0. The van der Waals surface area contributed by atoms with Crippen molar-refractivity contribution in [3.8, 4) is 0 Å². The highest BCUT2D eigenvalue weighted by atomic mass is 19.1. The molecule has 4 heteroatoms. The molecule has 0 amide bonds. The summed E-state index contributed by atoms with van der Waals surface area (Å²) in [5.41, 5.74) is 0.963. The molecular formula is C11H7FO3. The lowest BCUT2D eigenvalue weighted by molar-refractivity contribution is -0.151. The van der Waals surface area contributed by atoms with Crippen LogP contribution in [0.4, 0.5) is 4.39 Å². The molecule has 0 atom stereocenters. The molecule has 0 saturated carbocycles. The van der Waals surface area contributed by atoms with Crippen molar-refractivity contribution in [3.63, 3.8) is 0 Å². The Bertz CT molecular complexity index is 445. The summed E-state index contributed by atoms with van der Waals surface area (Å²) in [4.78, 5) is 21.8. The van der Waals surface area contributed by atoms with Crippen LogP contribution in [0, 0.1) is 5.82 Å². The molecule has 15 heavy (non-hydrogen) atoms. The highest BCUT2D eigenvalue weighted by molar-refractivity contribution is 6.08. The largest absolute Gasteiger partial charge is 0.389 e. The second-order valence-corrected chi connectivity index (χ2v) is 3.16. The van der Waals surface area contributed by atoms with Gasteiger partial charge in [-0.3, -0.25) is 4.79 Å². The van der Waals surface area contributed by atoms with E-state index in [9.17, 15) is 14.0 Å². The Labute approximate surface area is 85.2 Å². The molecule has 0 unspecified atom stereocenters. The third-order valence-electron chi connectivity index (χ3n) is 2.01. The third-order valence-corrected chi connectivity index (χ3v) is 2.01. The van der Waals surface area contributed by atoms with E-state index in [1.807, 2.05) is 0 Å². The molecule has 0 aromatic heterocycles. The van der Waals surface area contributed by atoms with Gasteiger partial charge in [0, 0.05) is 5.57 Å². The monoisotopic (exact) mass is 206 g/mol. The molecule has 1 saturated heterocycles. The van der Waals surface area contributed by atoms with E-state index in [2.05, 4.69) is 4.74 Å². The van der Waals surface area contributed by atoms with Crippen LogP contribution in [0.25, 0.3) is 6.08 Å². The Hall–Kier alpha value is -1.97. The second-order valence-electron chi connectivity index (χ2n) is 3.16. The lowest BCUT2D eigenvalue weighted by Crippen LogP contribution is -1.96. The van der Waals surface area contributed by atoms with Crippen LogP contribution in [-0.4, -0.2) is 11.9 Å². The molecule has 1 fully saturated rings. The van der Waals surface area contributed by atoms with Crippen molar-refractivity contribution in [3.05, 3.63) is 41.2 Å². The van der Waals surface area contributed by atoms with Gasteiger partial charge in [0.15, 0.2) is 0 Å². The van der Waals surface area contributed by atoms with E-state index in [-0.39, 0.29) is 12.2 Å². The fourth-order valence-corrected chi connectivity index (χ4v) is 1.30. The van der Waals surface area contributed by atoms with Crippen molar-refractivity contribution in [2.45, 2.75) is 6.42 Å². The molecule has 0 aliphatic carbocycles. The quantitative estimate of drug-likeness (QED) is 0.399. The van der Waals surface area contributed by atoms with Crippen LogP contribution in [0.5, 0.6) is 0 Å². The molecule has 1 aromatic carbocycles. The van der Waals surface area contributed by atoms with E-state index in [0.717, 1.165) is 0 Å². The van der Waals surface area contributed by atoms with Crippen LogP contribution in [0.2, 0.25) is 0 Å². The van der Waals surface area contributed by atoms with Crippen LogP contribution in [-0.2, 0) is 14.3 Å². The molecule has 1 aliphatic heterocycles. The average Bonchev–Trinajstić information content (AvgIpc) is 2.49. The normalized spacial score (nSPS) is 18.3. The zero-order valence-electron chi connectivity index (χ0n) is 7.70. The molecule has 76 valence electrons. The van der Waals surface area contributed by atoms with Crippen LogP contribution in [0.3, 0.4) is 0 Å². The number of hydrogen-bond donors (Lipinski definition) is 0. The van der Waals surface area contributed by atoms with Crippen LogP contribution in [0.1, 0.15) is 12.0 Å². The molecule has 1 aliphatic rings. The van der Waals surface area contributed by atoms with Crippen molar-refractivity contribution >= 4 is 18.0 Å². The molecule has 0 bridgehead atoms. The molecule has 0 radical (unpaired) electrons. The number of benzene rings is 1. The number of hydrogen-bond acceptors (Lipinski definition) is 3. The Morgan fingerprint density at radius 1 is 1.20 bits per heavy atom. The molecule has 3 nitrogen and oxygen atoms in total. The predicted molar refractivity (Wildman–Crippen MR) is 50.1 cm³/mol. The lowest BCUT2D eigenvalue weighted by atomic mass is 10.1. The molecule has 1 aromatic rings. The van der Waals surface area contributed by atoms with Crippen molar-refractivity contribution in [1.82, 2.24) is 0 Å². The van der Waals surface area contributed by atoms with Crippen molar-refractivity contribution in [2.24, 2.45) is 0 Å². The van der Waals surface area contributed by atoms with Crippen molar-refractivity contribution < 1.29 is 18.7 Å². The summed E-state index contributed by atoms with van der Waals surface area (Å²) in [6.07, 6.45) is 1.50. The first-order valence-corrected chi connectivity index (χ1v) is 4.36. The zero-order chi connectivity index (χ0) is 10.8. The first-order valence-electron chi connectivity index (χ1n) is 4.36. The van der Waals surface area contributed by atoms with Gasteiger partial charge in [-0.15, -0.1) is 0 Å². The third kappa shape index (κ3) is 2.10. The topological polar surface area (TPSA) is 43.4 Å². The fourth-order valence-electron chi connectivity index (χ4n) is 1.30. The van der Waals surface area contributed by atoms with Gasteiger partial charge in [-0.2, -0.15) is 0 Å². The van der Waals surface area contributed by atoms with Gasteiger partial charge in [-0.05, 0) is 23.8 Å². The second kappa shape index (κ2) is 3.65. The lowest BCUT2D eigenvalue weighted by Gasteiger charge is -1.93. The molecule has 0 N–H and O–H groups in total. The Kier molecular flexibility index (Phi) is 2.33. The van der Waals surface area contributed by atoms with Crippen molar-refractivity contribution in [2.75, 3.05) is 0 Å². The van der Waals surface area contributed by atoms with Crippen molar-refractivity contribution in [1.29, 1.82) is 0 Å². The minimum Gasteiger partial charge on any atom is -0.389 e. The fraction of sp³-hybridized carbons (Fsp3) is 0.0909. The minimum absolute atomic E-state index is 0.0176. The maximum Gasteiger partial charge on any atom is 0.342 e. The summed E-state index contributed by atoms with van der Waals surface area (Å²) in [7, 11) is 0. The number of carbonyl (C=O) groups is 2. The van der Waals surface area contributed by atoms with E-state index in [0.29, 0.717) is 11.1 Å².